The van der Waals surface area contributed by atoms with E-state index in [1.54, 1.807) is 23.9 Å². The van der Waals surface area contributed by atoms with E-state index < -0.39 is 0 Å². The minimum Gasteiger partial charge on any atom is -0.301 e. The summed E-state index contributed by atoms with van der Waals surface area (Å²) in [7, 11) is 0. The van der Waals surface area contributed by atoms with Gasteiger partial charge in [-0.25, -0.2) is 4.98 Å². The highest BCUT2D eigenvalue weighted by atomic mass is 35.5. The zero-order valence-electron chi connectivity index (χ0n) is 7.74. The SMILES string of the molecule is O=C(NC1=NCCS1)c1ccc(Cl)nc1. The fourth-order valence-electron chi connectivity index (χ4n) is 1.09. The molecule has 0 atom stereocenters. The van der Waals surface area contributed by atoms with Crippen LogP contribution in [0.4, 0.5) is 0 Å². The first-order chi connectivity index (χ1) is 7.25. The molecule has 1 N–H and O–H groups in total. The number of pyridine rings is 1. The van der Waals surface area contributed by atoms with Crippen LogP contribution >= 0.6 is 23.4 Å². The zero-order valence-corrected chi connectivity index (χ0v) is 9.31. The molecule has 0 radical (unpaired) electrons. The molecule has 2 heterocycles. The highest BCUT2D eigenvalue weighted by Gasteiger charge is 2.12. The molecule has 4 nitrogen and oxygen atoms in total. The van der Waals surface area contributed by atoms with Crippen LogP contribution < -0.4 is 5.32 Å². The van der Waals surface area contributed by atoms with Gasteiger partial charge in [-0.2, -0.15) is 0 Å². The van der Waals surface area contributed by atoms with Gasteiger partial charge in [0.25, 0.3) is 5.91 Å². The van der Waals surface area contributed by atoms with E-state index in [9.17, 15) is 4.79 Å². The molecule has 1 aromatic heterocycles. The first kappa shape index (κ1) is 10.4. The lowest BCUT2D eigenvalue weighted by atomic mass is 10.3. The van der Waals surface area contributed by atoms with E-state index in [-0.39, 0.29) is 5.91 Å². The van der Waals surface area contributed by atoms with Gasteiger partial charge in [0.2, 0.25) is 0 Å². The zero-order chi connectivity index (χ0) is 10.7. The van der Waals surface area contributed by atoms with Gasteiger partial charge in [0, 0.05) is 11.9 Å². The minimum absolute atomic E-state index is 0.202. The fraction of sp³-hybridized carbons (Fsp3) is 0.222. The summed E-state index contributed by atoms with van der Waals surface area (Å²) in [6, 6.07) is 3.21. The van der Waals surface area contributed by atoms with E-state index in [0.717, 1.165) is 12.3 Å². The largest absolute Gasteiger partial charge is 0.301 e. The number of amides is 1. The van der Waals surface area contributed by atoms with E-state index in [4.69, 9.17) is 11.6 Å². The number of carbonyl (C=O) groups is 1. The molecule has 1 amide bonds. The van der Waals surface area contributed by atoms with Gasteiger partial charge in [0.1, 0.15) is 5.15 Å². The lowest BCUT2D eigenvalue weighted by Crippen LogP contribution is -2.27. The number of halogens is 1. The summed E-state index contributed by atoms with van der Waals surface area (Å²) in [5, 5.41) is 3.76. The van der Waals surface area contributed by atoms with Crippen molar-refractivity contribution in [3.05, 3.63) is 29.0 Å². The Morgan fingerprint density at radius 3 is 3.00 bits per heavy atom. The van der Waals surface area contributed by atoms with Crippen LogP contribution in [-0.2, 0) is 0 Å². The molecule has 0 bridgehead atoms. The molecule has 1 aliphatic heterocycles. The average Bonchev–Trinajstić information content (AvgIpc) is 2.71. The van der Waals surface area contributed by atoms with Crippen molar-refractivity contribution < 1.29 is 4.79 Å². The number of rotatable bonds is 1. The number of hydrogen-bond donors (Lipinski definition) is 1. The molecule has 0 aromatic carbocycles. The summed E-state index contributed by atoms with van der Waals surface area (Å²) >= 11 is 7.16. The highest BCUT2D eigenvalue weighted by Crippen LogP contribution is 2.10. The summed E-state index contributed by atoms with van der Waals surface area (Å²) in [6.07, 6.45) is 1.44. The van der Waals surface area contributed by atoms with E-state index in [1.807, 2.05) is 0 Å². The third-order valence-corrected chi connectivity index (χ3v) is 2.91. The second-order valence-corrected chi connectivity index (χ2v) is 4.33. The summed E-state index contributed by atoms with van der Waals surface area (Å²) in [5.74, 6) is 0.724. The van der Waals surface area contributed by atoms with Crippen molar-refractivity contribution in [1.82, 2.24) is 10.3 Å². The van der Waals surface area contributed by atoms with E-state index in [1.165, 1.54) is 6.20 Å². The number of aromatic nitrogens is 1. The van der Waals surface area contributed by atoms with Crippen molar-refractivity contribution in [2.24, 2.45) is 4.99 Å². The van der Waals surface area contributed by atoms with E-state index >= 15 is 0 Å². The second-order valence-electron chi connectivity index (χ2n) is 2.86. The van der Waals surface area contributed by atoms with Crippen molar-refractivity contribution in [3.8, 4) is 0 Å². The van der Waals surface area contributed by atoms with Crippen molar-refractivity contribution in [2.45, 2.75) is 0 Å². The molecule has 6 heteroatoms. The summed E-state index contributed by atoms with van der Waals surface area (Å²) in [5.41, 5.74) is 0.481. The Morgan fingerprint density at radius 2 is 2.40 bits per heavy atom. The van der Waals surface area contributed by atoms with Gasteiger partial charge in [0.15, 0.2) is 5.17 Å². The predicted octanol–water partition coefficient (Wildman–Crippen LogP) is 1.57. The maximum absolute atomic E-state index is 11.6. The van der Waals surface area contributed by atoms with Crippen LogP contribution in [0, 0.1) is 0 Å². The van der Waals surface area contributed by atoms with Crippen molar-refractivity contribution in [3.63, 3.8) is 0 Å². The molecule has 0 saturated heterocycles. The number of hydrogen-bond acceptors (Lipinski definition) is 4. The van der Waals surface area contributed by atoms with Gasteiger partial charge in [0.05, 0.1) is 12.1 Å². The number of thioether (sulfide) groups is 1. The number of amidine groups is 1. The maximum atomic E-state index is 11.6. The first-order valence-electron chi connectivity index (χ1n) is 4.36. The molecule has 1 aliphatic rings. The molecule has 2 rings (SSSR count). The van der Waals surface area contributed by atoms with Crippen molar-refractivity contribution in [1.29, 1.82) is 0 Å². The highest BCUT2D eigenvalue weighted by molar-refractivity contribution is 8.14. The Morgan fingerprint density at radius 1 is 1.53 bits per heavy atom. The predicted molar refractivity (Wildman–Crippen MR) is 61.5 cm³/mol. The van der Waals surface area contributed by atoms with Crippen LogP contribution in [0.3, 0.4) is 0 Å². The molecule has 0 fully saturated rings. The molecule has 1 aromatic rings. The van der Waals surface area contributed by atoms with Crippen LogP contribution in [0.5, 0.6) is 0 Å². The quantitative estimate of drug-likeness (QED) is 0.760. The minimum atomic E-state index is -0.202. The molecular weight excluding hydrogens is 234 g/mol. The van der Waals surface area contributed by atoms with E-state index in [2.05, 4.69) is 15.3 Å². The first-order valence-corrected chi connectivity index (χ1v) is 5.72. The summed E-state index contributed by atoms with van der Waals surface area (Å²) in [4.78, 5) is 19.6. The van der Waals surface area contributed by atoms with Crippen LogP contribution in [0.15, 0.2) is 23.3 Å². The monoisotopic (exact) mass is 241 g/mol. The average molecular weight is 242 g/mol. The second kappa shape index (κ2) is 4.63. The van der Waals surface area contributed by atoms with Crippen LogP contribution in [0.1, 0.15) is 10.4 Å². The molecule has 0 saturated carbocycles. The summed E-state index contributed by atoms with van der Waals surface area (Å²) in [6.45, 7) is 0.763. The van der Waals surface area contributed by atoms with Crippen molar-refractivity contribution >= 4 is 34.4 Å². The van der Waals surface area contributed by atoms with Crippen LogP contribution in [-0.4, -0.2) is 28.4 Å². The van der Waals surface area contributed by atoms with Gasteiger partial charge < -0.3 is 5.32 Å². The fourth-order valence-corrected chi connectivity index (χ4v) is 1.93. The Kier molecular flexibility index (Phi) is 3.23. The van der Waals surface area contributed by atoms with Crippen LogP contribution in [0.25, 0.3) is 0 Å². The van der Waals surface area contributed by atoms with Gasteiger partial charge >= 0.3 is 0 Å². The molecule has 78 valence electrons. The van der Waals surface area contributed by atoms with E-state index in [0.29, 0.717) is 15.9 Å². The lowest BCUT2D eigenvalue weighted by molar-refractivity contribution is 0.0977. The molecule has 0 spiro atoms. The standard InChI is InChI=1S/C9H8ClN3OS/c10-7-2-1-6(5-12-7)8(14)13-9-11-3-4-15-9/h1-2,5H,3-4H2,(H,11,13,14). The number of nitrogens with one attached hydrogen (secondary N) is 1. The van der Waals surface area contributed by atoms with Gasteiger partial charge in [-0.3, -0.25) is 9.79 Å². The molecule has 0 aliphatic carbocycles. The number of aliphatic imine (C=N–C) groups is 1. The molecule has 15 heavy (non-hydrogen) atoms. The topological polar surface area (TPSA) is 54.4 Å². The van der Waals surface area contributed by atoms with Gasteiger partial charge in [-0.1, -0.05) is 23.4 Å². The normalized spacial score (nSPS) is 14.9. The lowest BCUT2D eigenvalue weighted by Gasteiger charge is -2.02. The maximum Gasteiger partial charge on any atom is 0.258 e. The summed E-state index contributed by atoms with van der Waals surface area (Å²) < 4.78 is 0. The van der Waals surface area contributed by atoms with Crippen molar-refractivity contribution in [2.75, 3.05) is 12.3 Å². The number of carbonyl (C=O) groups excluding carboxylic acids is 1. The Labute approximate surface area is 96.1 Å². The Hall–Kier alpha value is -1.07. The third-order valence-electron chi connectivity index (χ3n) is 1.80. The van der Waals surface area contributed by atoms with Gasteiger partial charge in [-0.15, -0.1) is 0 Å². The molecule has 0 unspecified atom stereocenters. The smallest absolute Gasteiger partial charge is 0.258 e. The van der Waals surface area contributed by atoms with Gasteiger partial charge in [-0.05, 0) is 12.1 Å². The Bertz CT molecular complexity index is 404. The molecular formula is C9H8ClN3OS. The third kappa shape index (κ3) is 2.70. The number of nitrogens with zero attached hydrogens (tertiary/aromatic N) is 2. The van der Waals surface area contributed by atoms with Crippen LogP contribution in [0.2, 0.25) is 5.15 Å². The Balaban J connectivity index is 2.04.